The topological polar surface area (TPSA) is 12.0 Å². The summed E-state index contributed by atoms with van der Waals surface area (Å²) in [5.41, 5.74) is 3.57. The Kier molecular flexibility index (Phi) is 3.07. The molecule has 1 heteroatoms. The van der Waals surface area contributed by atoms with Gasteiger partial charge in [0.05, 0.1) is 0 Å². The quantitative estimate of drug-likeness (QED) is 0.557. The van der Waals surface area contributed by atoms with Crippen LogP contribution in [0.25, 0.3) is 0 Å². The molecule has 0 spiro atoms. The van der Waals surface area contributed by atoms with Gasteiger partial charge < -0.3 is 5.32 Å². The fourth-order valence-corrected chi connectivity index (χ4v) is 0.508. The summed E-state index contributed by atoms with van der Waals surface area (Å²) in [6.45, 7) is 9.95. The molecule has 0 aromatic carbocycles. The third kappa shape index (κ3) is 2.36. The number of allylic oxidation sites excluding steroid dienone is 3. The van der Waals surface area contributed by atoms with Crippen LogP contribution in [0.4, 0.5) is 0 Å². The van der Waals surface area contributed by atoms with Crippen LogP contribution < -0.4 is 5.32 Å². The van der Waals surface area contributed by atoms with Crippen molar-refractivity contribution in [3.63, 3.8) is 0 Å². The van der Waals surface area contributed by atoms with Gasteiger partial charge in [0.2, 0.25) is 0 Å². The van der Waals surface area contributed by atoms with Crippen LogP contribution in [0.5, 0.6) is 0 Å². The molecule has 9 heavy (non-hydrogen) atoms. The van der Waals surface area contributed by atoms with Crippen LogP contribution in [0.15, 0.2) is 23.4 Å². The highest BCUT2D eigenvalue weighted by Crippen LogP contribution is 2.07. The summed E-state index contributed by atoms with van der Waals surface area (Å²) in [6, 6.07) is 0. The first-order valence-corrected chi connectivity index (χ1v) is 3.10. The summed E-state index contributed by atoms with van der Waals surface area (Å²) < 4.78 is 0. The van der Waals surface area contributed by atoms with E-state index in [1.165, 1.54) is 11.3 Å². The van der Waals surface area contributed by atoms with Crippen molar-refractivity contribution in [1.82, 2.24) is 5.32 Å². The molecule has 1 N–H and O–H groups in total. The minimum Gasteiger partial charge on any atom is -0.391 e. The predicted molar refractivity (Wildman–Crippen MR) is 42.2 cm³/mol. The third-order valence-electron chi connectivity index (χ3n) is 1.58. The zero-order valence-electron chi connectivity index (χ0n) is 6.71. The smallest absolute Gasteiger partial charge is 0.0105 e. The Hall–Kier alpha value is -0.720. The minimum absolute atomic E-state index is 1.13. The molecular formula is C8H15N. The summed E-state index contributed by atoms with van der Waals surface area (Å²) in [6.07, 6.45) is 0. The predicted octanol–water partition coefficient (Wildman–Crippen LogP) is 2.08. The number of hydrogen-bond donors (Lipinski definition) is 1. The third-order valence-corrected chi connectivity index (χ3v) is 1.58. The number of hydrogen-bond acceptors (Lipinski definition) is 1. The molecule has 0 radical (unpaired) electrons. The first-order chi connectivity index (χ1) is 4.09. The number of nitrogens with one attached hydrogen (secondary N) is 1. The van der Waals surface area contributed by atoms with E-state index in [4.69, 9.17) is 0 Å². The van der Waals surface area contributed by atoms with Crippen molar-refractivity contribution in [3.05, 3.63) is 23.4 Å². The van der Waals surface area contributed by atoms with Crippen LogP contribution in [-0.4, -0.2) is 7.05 Å². The molecule has 0 fully saturated rings. The van der Waals surface area contributed by atoms with Crippen molar-refractivity contribution in [1.29, 1.82) is 0 Å². The molecule has 0 amide bonds. The normalized spacial score (nSPS) is 12.4. The van der Waals surface area contributed by atoms with E-state index < -0.39 is 0 Å². The molecule has 0 aromatic rings. The van der Waals surface area contributed by atoms with Crippen LogP contribution in [0.3, 0.4) is 0 Å². The molecule has 0 atom stereocenters. The van der Waals surface area contributed by atoms with Crippen LogP contribution in [0, 0.1) is 0 Å². The van der Waals surface area contributed by atoms with Crippen LogP contribution in [0.1, 0.15) is 20.8 Å². The van der Waals surface area contributed by atoms with Gasteiger partial charge in [-0.1, -0.05) is 12.2 Å². The van der Waals surface area contributed by atoms with E-state index in [9.17, 15) is 0 Å². The molecule has 0 aliphatic rings. The fourth-order valence-electron chi connectivity index (χ4n) is 0.508. The standard InChI is InChI=1S/C8H15N/c1-6(2)7(3)8(4)9-5/h9H,1H2,2-5H3/b8-7+. The van der Waals surface area contributed by atoms with Gasteiger partial charge in [0, 0.05) is 12.7 Å². The van der Waals surface area contributed by atoms with Gasteiger partial charge in [-0.05, 0) is 26.3 Å². The van der Waals surface area contributed by atoms with Gasteiger partial charge in [-0.3, -0.25) is 0 Å². The lowest BCUT2D eigenvalue weighted by molar-refractivity contribution is 0.961. The molecule has 0 bridgehead atoms. The second kappa shape index (κ2) is 3.33. The second-order valence-corrected chi connectivity index (χ2v) is 2.28. The highest BCUT2D eigenvalue weighted by Gasteiger charge is 1.92. The molecular weight excluding hydrogens is 110 g/mol. The summed E-state index contributed by atoms with van der Waals surface area (Å²) in [5, 5.41) is 3.06. The lowest BCUT2D eigenvalue weighted by Crippen LogP contribution is -2.04. The van der Waals surface area contributed by atoms with Crippen LogP contribution >= 0.6 is 0 Å². The second-order valence-electron chi connectivity index (χ2n) is 2.28. The van der Waals surface area contributed by atoms with Gasteiger partial charge in [-0.25, -0.2) is 0 Å². The van der Waals surface area contributed by atoms with Crippen molar-refractivity contribution >= 4 is 0 Å². The zero-order valence-corrected chi connectivity index (χ0v) is 6.71. The average molecular weight is 125 g/mol. The van der Waals surface area contributed by atoms with E-state index >= 15 is 0 Å². The Bertz CT molecular complexity index is 143. The molecule has 52 valence electrons. The fraction of sp³-hybridized carbons (Fsp3) is 0.500. The van der Waals surface area contributed by atoms with E-state index in [-0.39, 0.29) is 0 Å². The summed E-state index contributed by atoms with van der Waals surface area (Å²) in [4.78, 5) is 0. The molecule has 0 heterocycles. The van der Waals surface area contributed by atoms with E-state index in [1.54, 1.807) is 0 Å². The van der Waals surface area contributed by atoms with E-state index in [0.717, 1.165) is 5.57 Å². The number of rotatable bonds is 2. The SMILES string of the molecule is C=C(C)/C(C)=C(\C)NC. The molecule has 0 aromatic heterocycles. The maximum atomic E-state index is 3.83. The Balaban J connectivity index is 4.28. The first kappa shape index (κ1) is 8.28. The van der Waals surface area contributed by atoms with Gasteiger partial charge in [0.15, 0.2) is 0 Å². The van der Waals surface area contributed by atoms with Gasteiger partial charge in [0.25, 0.3) is 0 Å². The molecule has 1 nitrogen and oxygen atoms in total. The monoisotopic (exact) mass is 125 g/mol. The molecule has 0 saturated carbocycles. The van der Waals surface area contributed by atoms with Crippen molar-refractivity contribution < 1.29 is 0 Å². The lowest BCUT2D eigenvalue weighted by Gasteiger charge is -2.04. The van der Waals surface area contributed by atoms with Crippen LogP contribution in [0.2, 0.25) is 0 Å². The molecule has 0 aliphatic carbocycles. The zero-order chi connectivity index (χ0) is 7.44. The highest BCUT2D eigenvalue weighted by atomic mass is 14.8. The lowest BCUT2D eigenvalue weighted by atomic mass is 10.1. The maximum absolute atomic E-state index is 3.83. The summed E-state index contributed by atoms with van der Waals surface area (Å²) >= 11 is 0. The Morgan fingerprint density at radius 1 is 1.22 bits per heavy atom. The summed E-state index contributed by atoms with van der Waals surface area (Å²) in [7, 11) is 1.92. The van der Waals surface area contributed by atoms with Crippen LogP contribution in [-0.2, 0) is 0 Å². The molecule has 0 unspecified atom stereocenters. The van der Waals surface area contributed by atoms with E-state index in [2.05, 4.69) is 18.8 Å². The highest BCUT2D eigenvalue weighted by molar-refractivity contribution is 5.27. The average Bonchev–Trinajstić information content (AvgIpc) is 1.84. The van der Waals surface area contributed by atoms with Gasteiger partial charge >= 0.3 is 0 Å². The van der Waals surface area contributed by atoms with Gasteiger partial charge in [0.1, 0.15) is 0 Å². The van der Waals surface area contributed by atoms with Crippen molar-refractivity contribution in [3.8, 4) is 0 Å². The van der Waals surface area contributed by atoms with Crippen molar-refractivity contribution in [2.45, 2.75) is 20.8 Å². The first-order valence-electron chi connectivity index (χ1n) is 3.10. The van der Waals surface area contributed by atoms with Gasteiger partial charge in [-0.2, -0.15) is 0 Å². The maximum Gasteiger partial charge on any atom is 0.0105 e. The molecule has 0 rings (SSSR count). The largest absolute Gasteiger partial charge is 0.391 e. The van der Waals surface area contributed by atoms with Crippen molar-refractivity contribution in [2.75, 3.05) is 7.05 Å². The minimum atomic E-state index is 1.13. The molecule has 0 aliphatic heterocycles. The Morgan fingerprint density at radius 3 is 1.78 bits per heavy atom. The summed E-state index contributed by atoms with van der Waals surface area (Å²) in [5.74, 6) is 0. The van der Waals surface area contributed by atoms with E-state index in [0.29, 0.717) is 0 Å². The van der Waals surface area contributed by atoms with Crippen molar-refractivity contribution in [2.24, 2.45) is 0 Å². The Labute approximate surface area is 57.5 Å². The van der Waals surface area contributed by atoms with Gasteiger partial charge in [-0.15, -0.1) is 0 Å². The van der Waals surface area contributed by atoms with E-state index in [1.807, 2.05) is 20.9 Å². The Morgan fingerprint density at radius 2 is 1.67 bits per heavy atom. The molecule has 0 saturated heterocycles.